The van der Waals surface area contributed by atoms with Crippen LogP contribution in [0.4, 0.5) is 0 Å². The standard InChI is InChI=1S/C64H58/c1-9-63(10-2)54-20-16-14-18-46(54)50-30-24-43(36-58(50)63)44-26-32-52-51-31-25-42(37-59(51)64(11-3,12-4)60(52)38-44)41-23-29-49-48-28-22-40(34-56(48)62(7,8)57(49)35-41)39-21-27-47-45-17-13-15-19-53(45)61(5,6)55(47)33-39/h13-38H,9-12H2,1-8H3. The molecule has 0 bridgehead atoms. The van der Waals surface area contributed by atoms with Gasteiger partial charge in [-0.1, -0.05) is 177 Å². The van der Waals surface area contributed by atoms with E-state index in [1.165, 1.54) is 122 Å². The maximum absolute atomic E-state index is 2.55. The molecule has 4 aliphatic carbocycles. The van der Waals surface area contributed by atoms with Crippen LogP contribution >= 0.6 is 0 Å². The van der Waals surface area contributed by atoms with Gasteiger partial charge < -0.3 is 0 Å². The zero-order valence-corrected chi connectivity index (χ0v) is 38.8. The van der Waals surface area contributed by atoms with Crippen molar-refractivity contribution < 1.29 is 0 Å². The Morgan fingerprint density at radius 1 is 0.250 bits per heavy atom. The summed E-state index contributed by atoms with van der Waals surface area (Å²) in [7, 11) is 0. The number of fused-ring (bicyclic) bond motifs is 12. The molecule has 8 aromatic rings. The largest absolute Gasteiger partial charge is 0.0642 e. The molecule has 0 fully saturated rings. The lowest BCUT2D eigenvalue weighted by Gasteiger charge is -2.31. The lowest BCUT2D eigenvalue weighted by Crippen LogP contribution is -2.23. The third kappa shape index (κ3) is 5.06. The molecule has 0 atom stereocenters. The molecule has 0 N–H and O–H groups in total. The highest BCUT2D eigenvalue weighted by Gasteiger charge is 2.43. The molecule has 314 valence electrons. The Hall–Kier alpha value is -6.24. The molecule has 0 aromatic heterocycles. The molecule has 0 unspecified atom stereocenters. The van der Waals surface area contributed by atoms with Crippen molar-refractivity contribution in [2.45, 2.75) is 103 Å². The maximum atomic E-state index is 2.55. The molecule has 0 heteroatoms. The van der Waals surface area contributed by atoms with E-state index in [4.69, 9.17) is 0 Å². The van der Waals surface area contributed by atoms with E-state index < -0.39 is 0 Å². The van der Waals surface area contributed by atoms with Crippen LogP contribution in [0, 0.1) is 0 Å². The molecule has 0 amide bonds. The summed E-state index contributed by atoms with van der Waals surface area (Å²) in [6, 6.07) is 61.7. The Labute approximate surface area is 381 Å². The van der Waals surface area contributed by atoms with Gasteiger partial charge in [0.25, 0.3) is 0 Å². The fraction of sp³-hybridized carbons (Fsp3) is 0.250. The zero-order valence-electron chi connectivity index (χ0n) is 38.8. The first-order valence-corrected chi connectivity index (χ1v) is 24.1. The van der Waals surface area contributed by atoms with E-state index in [1.54, 1.807) is 0 Å². The Bertz CT molecular complexity index is 3260. The number of hydrogen-bond acceptors (Lipinski definition) is 0. The van der Waals surface area contributed by atoms with Crippen LogP contribution in [0.3, 0.4) is 0 Å². The maximum Gasteiger partial charge on any atom is 0.0210 e. The fourth-order valence-electron chi connectivity index (χ4n) is 13.5. The van der Waals surface area contributed by atoms with Crippen LogP contribution in [0.15, 0.2) is 158 Å². The third-order valence-electron chi connectivity index (χ3n) is 17.3. The van der Waals surface area contributed by atoms with Gasteiger partial charge in [0.2, 0.25) is 0 Å². The summed E-state index contributed by atoms with van der Waals surface area (Å²) in [6.45, 7) is 19.1. The molecule has 0 heterocycles. The average Bonchev–Trinajstić information content (AvgIpc) is 3.95. The average molecular weight is 827 g/mol. The monoisotopic (exact) mass is 826 g/mol. The molecule has 8 aromatic carbocycles. The first-order chi connectivity index (χ1) is 31.0. The van der Waals surface area contributed by atoms with Crippen molar-refractivity contribution >= 4 is 0 Å². The molecule has 0 saturated heterocycles. The van der Waals surface area contributed by atoms with Gasteiger partial charge >= 0.3 is 0 Å². The van der Waals surface area contributed by atoms with Gasteiger partial charge in [-0.3, -0.25) is 0 Å². The first-order valence-electron chi connectivity index (χ1n) is 24.1. The van der Waals surface area contributed by atoms with E-state index in [0.717, 1.165) is 25.7 Å². The molecule has 0 aliphatic heterocycles. The van der Waals surface area contributed by atoms with E-state index in [1.807, 2.05) is 0 Å². The minimum absolute atomic E-state index is 0.0187. The van der Waals surface area contributed by atoms with Crippen molar-refractivity contribution in [3.63, 3.8) is 0 Å². The third-order valence-corrected chi connectivity index (χ3v) is 17.3. The second-order valence-corrected chi connectivity index (χ2v) is 20.5. The summed E-state index contributed by atoms with van der Waals surface area (Å²) in [5.41, 5.74) is 30.5. The highest BCUT2D eigenvalue weighted by Crippen LogP contribution is 2.57. The lowest BCUT2D eigenvalue weighted by molar-refractivity contribution is 0.490. The molecule has 0 saturated carbocycles. The predicted molar refractivity (Wildman–Crippen MR) is 271 cm³/mol. The lowest BCUT2D eigenvalue weighted by atomic mass is 9.72. The van der Waals surface area contributed by atoms with Gasteiger partial charge in [-0.25, -0.2) is 0 Å². The van der Waals surface area contributed by atoms with Crippen LogP contribution in [0.1, 0.15) is 126 Å². The van der Waals surface area contributed by atoms with E-state index in [2.05, 4.69) is 213 Å². The van der Waals surface area contributed by atoms with Crippen molar-refractivity contribution in [1.29, 1.82) is 0 Å². The Balaban J connectivity index is 0.884. The summed E-state index contributed by atoms with van der Waals surface area (Å²) in [6.07, 6.45) is 4.34. The van der Waals surface area contributed by atoms with Crippen LogP contribution in [0.5, 0.6) is 0 Å². The molecule has 0 radical (unpaired) electrons. The van der Waals surface area contributed by atoms with Crippen molar-refractivity contribution in [3.05, 3.63) is 202 Å². The van der Waals surface area contributed by atoms with Gasteiger partial charge in [-0.2, -0.15) is 0 Å². The summed E-state index contributed by atoms with van der Waals surface area (Å²) in [4.78, 5) is 0. The molecule has 12 rings (SSSR count). The van der Waals surface area contributed by atoms with Crippen molar-refractivity contribution in [3.8, 4) is 77.9 Å². The summed E-state index contributed by atoms with van der Waals surface area (Å²) in [5.74, 6) is 0. The van der Waals surface area contributed by atoms with Crippen LogP contribution in [-0.2, 0) is 21.7 Å². The van der Waals surface area contributed by atoms with Gasteiger partial charge in [0.1, 0.15) is 0 Å². The Morgan fingerprint density at radius 3 is 0.828 bits per heavy atom. The zero-order chi connectivity index (χ0) is 43.9. The van der Waals surface area contributed by atoms with E-state index in [0.29, 0.717) is 0 Å². The van der Waals surface area contributed by atoms with Crippen molar-refractivity contribution in [2.75, 3.05) is 0 Å². The second-order valence-electron chi connectivity index (χ2n) is 20.5. The molecule has 0 nitrogen and oxygen atoms in total. The highest BCUT2D eigenvalue weighted by molar-refractivity contribution is 5.91. The summed E-state index contributed by atoms with van der Waals surface area (Å²) in [5, 5.41) is 0. The van der Waals surface area contributed by atoms with Gasteiger partial charge in [0.15, 0.2) is 0 Å². The van der Waals surface area contributed by atoms with Crippen LogP contribution in [0.25, 0.3) is 77.9 Å². The van der Waals surface area contributed by atoms with E-state index in [9.17, 15) is 0 Å². The Morgan fingerprint density at radius 2 is 0.484 bits per heavy atom. The highest BCUT2D eigenvalue weighted by atomic mass is 14.5. The van der Waals surface area contributed by atoms with Gasteiger partial charge in [-0.05, 0) is 184 Å². The van der Waals surface area contributed by atoms with Gasteiger partial charge in [-0.15, -0.1) is 0 Å². The van der Waals surface area contributed by atoms with Gasteiger partial charge in [0.05, 0.1) is 0 Å². The molecule has 64 heavy (non-hydrogen) atoms. The van der Waals surface area contributed by atoms with E-state index in [-0.39, 0.29) is 21.7 Å². The fourth-order valence-corrected chi connectivity index (χ4v) is 13.5. The van der Waals surface area contributed by atoms with E-state index >= 15 is 0 Å². The predicted octanol–water partition coefficient (Wildman–Crippen LogP) is 17.5. The molecular formula is C64H58. The first kappa shape index (κ1) is 39.4. The topological polar surface area (TPSA) is 0 Å². The smallest absolute Gasteiger partial charge is 0.0210 e. The molecular weight excluding hydrogens is 769 g/mol. The number of benzene rings is 8. The minimum atomic E-state index is -0.128. The Kier molecular flexibility index (Phi) is 8.39. The van der Waals surface area contributed by atoms with Crippen LogP contribution in [0.2, 0.25) is 0 Å². The second kappa shape index (κ2) is 13.6. The van der Waals surface area contributed by atoms with Crippen molar-refractivity contribution in [1.82, 2.24) is 0 Å². The quantitative estimate of drug-likeness (QED) is 0.150. The van der Waals surface area contributed by atoms with Gasteiger partial charge in [0, 0.05) is 21.7 Å². The number of hydrogen-bond donors (Lipinski definition) is 0. The van der Waals surface area contributed by atoms with Crippen LogP contribution in [-0.4, -0.2) is 0 Å². The normalized spacial score (nSPS) is 16.6. The summed E-state index contributed by atoms with van der Waals surface area (Å²) < 4.78 is 0. The molecule has 4 aliphatic rings. The van der Waals surface area contributed by atoms with Crippen LogP contribution < -0.4 is 0 Å². The summed E-state index contributed by atoms with van der Waals surface area (Å²) >= 11 is 0. The van der Waals surface area contributed by atoms with Crippen molar-refractivity contribution in [2.24, 2.45) is 0 Å². The number of rotatable bonds is 7. The molecule has 0 spiro atoms. The SMILES string of the molecule is CCC1(CC)c2ccccc2-c2ccc(-c3ccc4c(c3)C(CC)(CC)c3cc(-c5ccc6c(c5)C(C)(C)c5cc(-c7ccc8c(c7)C(C)(C)c7ccccc7-8)ccc5-6)ccc3-4)cc21. The minimum Gasteiger partial charge on any atom is -0.0642 e.